The Balaban J connectivity index is 1.94. The number of hydrogen-bond donors (Lipinski definition) is 0. The highest BCUT2D eigenvalue weighted by Crippen LogP contribution is 2.22. The van der Waals surface area contributed by atoms with E-state index in [2.05, 4.69) is 29.8 Å². The molecule has 0 atom stereocenters. The predicted octanol–water partition coefficient (Wildman–Crippen LogP) is 3.23. The van der Waals surface area contributed by atoms with Crippen molar-refractivity contribution in [2.24, 2.45) is 5.92 Å². The van der Waals surface area contributed by atoms with E-state index in [4.69, 9.17) is 0 Å². The fourth-order valence-electron chi connectivity index (χ4n) is 2.43. The van der Waals surface area contributed by atoms with Crippen LogP contribution in [0.4, 0.5) is 0 Å². The molecule has 1 fully saturated rings. The van der Waals surface area contributed by atoms with Gasteiger partial charge in [0.1, 0.15) is 0 Å². The van der Waals surface area contributed by atoms with E-state index in [1.807, 2.05) is 21.2 Å². The molecule has 2 rings (SSSR count). The minimum absolute atomic E-state index is 0.0730. The van der Waals surface area contributed by atoms with E-state index in [1.54, 1.807) is 0 Å². The predicted molar refractivity (Wildman–Crippen MR) is 88.6 cm³/mol. The molecule has 21 heavy (non-hydrogen) atoms. The van der Waals surface area contributed by atoms with Crippen LogP contribution in [0.15, 0.2) is 15.9 Å². The fraction of sp³-hybridized carbons (Fsp3) is 0.600. The molecular weight excluding hydrogens is 352 g/mol. The first-order chi connectivity index (χ1) is 9.97. The second kappa shape index (κ2) is 7.40. The summed E-state index contributed by atoms with van der Waals surface area (Å²) in [7, 11) is 0. The summed E-state index contributed by atoms with van der Waals surface area (Å²) in [4.78, 5) is 29.1. The van der Waals surface area contributed by atoms with E-state index in [-0.39, 0.29) is 11.8 Å². The molecule has 4 nitrogen and oxygen atoms in total. The lowest BCUT2D eigenvalue weighted by atomic mass is 10.1. The number of rotatable bonds is 3. The van der Waals surface area contributed by atoms with Gasteiger partial charge in [0, 0.05) is 42.5 Å². The van der Waals surface area contributed by atoms with Crippen molar-refractivity contribution in [3.8, 4) is 0 Å². The molecule has 0 bridgehead atoms. The average molecular weight is 373 g/mol. The van der Waals surface area contributed by atoms with Crippen molar-refractivity contribution in [3.63, 3.8) is 0 Å². The van der Waals surface area contributed by atoms with Crippen LogP contribution >= 0.6 is 27.3 Å². The number of carbonyl (C=O) groups is 2. The van der Waals surface area contributed by atoms with Gasteiger partial charge in [0.15, 0.2) is 0 Å². The zero-order valence-corrected chi connectivity index (χ0v) is 14.9. The average Bonchev–Trinajstić information content (AvgIpc) is 2.71. The van der Waals surface area contributed by atoms with Crippen LogP contribution in [0, 0.1) is 5.92 Å². The Morgan fingerprint density at radius 2 is 1.90 bits per heavy atom. The molecular formula is C15H21BrN2O2S. The zero-order chi connectivity index (χ0) is 15.4. The van der Waals surface area contributed by atoms with E-state index in [0.717, 1.165) is 28.9 Å². The van der Waals surface area contributed by atoms with Gasteiger partial charge < -0.3 is 9.80 Å². The summed E-state index contributed by atoms with van der Waals surface area (Å²) in [5.41, 5.74) is 0. The number of carbonyl (C=O) groups excluding carboxylic acids is 2. The molecule has 0 saturated carbocycles. The molecule has 0 aromatic carbocycles. The first-order valence-electron chi connectivity index (χ1n) is 7.28. The quantitative estimate of drug-likeness (QED) is 0.816. The fourth-order valence-corrected chi connectivity index (χ4v) is 3.82. The van der Waals surface area contributed by atoms with Crippen molar-refractivity contribution >= 4 is 39.1 Å². The summed E-state index contributed by atoms with van der Waals surface area (Å²) in [5.74, 6) is 0.656. The van der Waals surface area contributed by atoms with E-state index in [0.29, 0.717) is 25.4 Å². The molecule has 1 aliphatic rings. The molecule has 1 aromatic heterocycles. The summed E-state index contributed by atoms with van der Waals surface area (Å²) >= 11 is 4.83. The van der Waals surface area contributed by atoms with Crippen LogP contribution in [0.1, 0.15) is 36.4 Å². The Morgan fingerprint density at radius 1 is 1.24 bits per heavy atom. The van der Waals surface area contributed by atoms with Gasteiger partial charge in [-0.3, -0.25) is 9.59 Å². The van der Waals surface area contributed by atoms with Crippen LogP contribution < -0.4 is 0 Å². The number of nitrogens with zero attached hydrogens (tertiary/aromatic N) is 2. The van der Waals surface area contributed by atoms with Gasteiger partial charge in [0.2, 0.25) is 5.91 Å². The highest BCUT2D eigenvalue weighted by Gasteiger charge is 2.23. The molecule has 0 spiro atoms. The van der Waals surface area contributed by atoms with Crippen LogP contribution in [-0.4, -0.2) is 47.8 Å². The maximum Gasteiger partial charge on any atom is 0.264 e. The van der Waals surface area contributed by atoms with Crippen LogP contribution in [0.25, 0.3) is 0 Å². The summed E-state index contributed by atoms with van der Waals surface area (Å²) in [6, 6.07) is 1.86. The van der Waals surface area contributed by atoms with Crippen molar-refractivity contribution in [1.82, 2.24) is 9.80 Å². The van der Waals surface area contributed by atoms with Crippen molar-refractivity contribution in [3.05, 3.63) is 20.8 Å². The minimum atomic E-state index is 0.0730. The monoisotopic (exact) mass is 372 g/mol. The van der Waals surface area contributed by atoms with Crippen molar-refractivity contribution in [2.45, 2.75) is 26.7 Å². The number of thiophene rings is 1. The van der Waals surface area contributed by atoms with Crippen LogP contribution in [-0.2, 0) is 4.79 Å². The lowest BCUT2D eigenvalue weighted by Gasteiger charge is -2.22. The smallest absolute Gasteiger partial charge is 0.264 e. The van der Waals surface area contributed by atoms with Gasteiger partial charge >= 0.3 is 0 Å². The van der Waals surface area contributed by atoms with E-state index >= 15 is 0 Å². The van der Waals surface area contributed by atoms with Crippen molar-refractivity contribution < 1.29 is 9.59 Å². The molecule has 2 amide bonds. The van der Waals surface area contributed by atoms with Gasteiger partial charge in [-0.25, -0.2) is 0 Å². The number of hydrogen-bond acceptors (Lipinski definition) is 3. The van der Waals surface area contributed by atoms with E-state index < -0.39 is 0 Å². The molecule has 0 N–H and O–H groups in total. The normalized spacial score (nSPS) is 16.2. The zero-order valence-electron chi connectivity index (χ0n) is 12.5. The van der Waals surface area contributed by atoms with Crippen molar-refractivity contribution in [1.29, 1.82) is 0 Å². The maximum absolute atomic E-state index is 12.4. The Kier molecular flexibility index (Phi) is 5.81. The van der Waals surface area contributed by atoms with Gasteiger partial charge in [0.05, 0.1) is 4.88 Å². The molecule has 1 aromatic rings. The Hall–Kier alpha value is -0.880. The van der Waals surface area contributed by atoms with Gasteiger partial charge in [-0.2, -0.15) is 0 Å². The van der Waals surface area contributed by atoms with E-state index in [9.17, 15) is 9.59 Å². The third kappa shape index (κ3) is 4.54. The number of amides is 2. The van der Waals surface area contributed by atoms with Crippen LogP contribution in [0.3, 0.4) is 0 Å². The summed E-state index contributed by atoms with van der Waals surface area (Å²) < 4.78 is 0.944. The first-order valence-corrected chi connectivity index (χ1v) is 8.95. The molecule has 0 radical (unpaired) electrons. The Labute approximate surface area is 138 Å². The SMILES string of the molecule is CC(C)CC(=O)N1CCCN(C(=O)c2cc(Br)cs2)CC1. The molecule has 1 saturated heterocycles. The summed E-state index contributed by atoms with van der Waals surface area (Å²) in [5, 5.41) is 1.92. The molecule has 116 valence electrons. The second-order valence-corrected chi connectivity index (χ2v) is 7.58. The summed E-state index contributed by atoms with van der Waals surface area (Å²) in [6.45, 7) is 6.85. The van der Waals surface area contributed by atoms with Crippen LogP contribution in [0.2, 0.25) is 0 Å². The standard InChI is InChI=1S/C15H21BrN2O2S/c1-11(2)8-14(19)17-4-3-5-18(7-6-17)15(20)13-9-12(16)10-21-13/h9-11H,3-8H2,1-2H3. The third-order valence-electron chi connectivity index (χ3n) is 3.50. The Bertz CT molecular complexity index is 516. The second-order valence-electron chi connectivity index (χ2n) is 5.75. The van der Waals surface area contributed by atoms with Gasteiger partial charge in [-0.1, -0.05) is 13.8 Å². The summed E-state index contributed by atoms with van der Waals surface area (Å²) in [6.07, 6.45) is 1.44. The maximum atomic E-state index is 12.4. The molecule has 0 aliphatic carbocycles. The molecule has 1 aliphatic heterocycles. The number of halogens is 1. The van der Waals surface area contributed by atoms with E-state index in [1.165, 1.54) is 11.3 Å². The highest BCUT2D eigenvalue weighted by molar-refractivity contribution is 9.10. The Morgan fingerprint density at radius 3 is 2.52 bits per heavy atom. The largest absolute Gasteiger partial charge is 0.341 e. The lowest BCUT2D eigenvalue weighted by molar-refractivity contribution is -0.131. The molecule has 6 heteroatoms. The van der Waals surface area contributed by atoms with Gasteiger partial charge in [-0.15, -0.1) is 11.3 Å². The molecule has 2 heterocycles. The first kappa shape index (κ1) is 16.5. The van der Waals surface area contributed by atoms with Crippen LogP contribution in [0.5, 0.6) is 0 Å². The lowest BCUT2D eigenvalue weighted by Crippen LogP contribution is -2.37. The van der Waals surface area contributed by atoms with Gasteiger partial charge in [-0.05, 0) is 34.3 Å². The topological polar surface area (TPSA) is 40.6 Å². The van der Waals surface area contributed by atoms with Gasteiger partial charge in [0.25, 0.3) is 5.91 Å². The minimum Gasteiger partial charge on any atom is -0.341 e. The highest BCUT2D eigenvalue weighted by atomic mass is 79.9. The molecule has 0 unspecified atom stereocenters. The van der Waals surface area contributed by atoms with Crippen molar-refractivity contribution in [2.75, 3.05) is 26.2 Å². The third-order valence-corrected chi connectivity index (χ3v) is 5.18.